The molecule has 1 N–H and O–H groups in total. The van der Waals surface area contributed by atoms with Crippen molar-refractivity contribution >= 4 is 11.8 Å². The van der Waals surface area contributed by atoms with E-state index in [1.807, 2.05) is 55.5 Å². The topological polar surface area (TPSA) is 58.6 Å². The maximum atomic E-state index is 13.1. The van der Waals surface area contributed by atoms with Gasteiger partial charge in [0.05, 0.1) is 0 Å². The van der Waals surface area contributed by atoms with E-state index in [0.717, 1.165) is 43.2 Å². The summed E-state index contributed by atoms with van der Waals surface area (Å²) >= 11 is 0. The fraction of sp³-hybridized carbons (Fsp3) is 0.462. The molecular formula is C26H34N2O3. The Morgan fingerprint density at radius 1 is 1.03 bits per heavy atom. The Morgan fingerprint density at radius 2 is 1.65 bits per heavy atom. The molecule has 1 fully saturated rings. The van der Waals surface area contributed by atoms with Crippen LogP contribution in [0.25, 0.3) is 0 Å². The Morgan fingerprint density at radius 3 is 2.26 bits per heavy atom. The molecular weight excluding hydrogens is 388 g/mol. The second-order valence-corrected chi connectivity index (χ2v) is 8.46. The van der Waals surface area contributed by atoms with Gasteiger partial charge < -0.3 is 15.0 Å². The summed E-state index contributed by atoms with van der Waals surface area (Å²) in [5.74, 6) is 0.359. The van der Waals surface area contributed by atoms with Gasteiger partial charge in [-0.1, -0.05) is 61.7 Å². The number of rotatable bonds is 9. The molecule has 5 heteroatoms. The van der Waals surface area contributed by atoms with Crippen molar-refractivity contribution in [3.05, 3.63) is 65.2 Å². The second kappa shape index (κ2) is 11.0. The van der Waals surface area contributed by atoms with Crippen LogP contribution in [0.15, 0.2) is 48.5 Å². The standard InChI is InChI=1S/C26H34N2O3/c1-4-21-13-15-24(16-14-21)31-18-25(29)28(17-22-11-9-19(2)10-12-22)20(3)26(30)27-23-7-5-6-8-23/h9-16,20,23H,4-8,17-18H2,1-3H3,(H,27,30)/t20-/m0/s1. The van der Waals surface area contributed by atoms with Crippen molar-refractivity contribution in [1.82, 2.24) is 10.2 Å². The largest absolute Gasteiger partial charge is 0.484 e. The molecule has 0 saturated heterocycles. The van der Waals surface area contributed by atoms with Crippen LogP contribution in [0.2, 0.25) is 0 Å². The van der Waals surface area contributed by atoms with E-state index >= 15 is 0 Å². The van der Waals surface area contributed by atoms with Crippen LogP contribution in [0, 0.1) is 6.92 Å². The average molecular weight is 423 g/mol. The first-order valence-electron chi connectivity index (χ1n) is 11.3. The average Bonchev–Trinajstić information content (AvgIpc) is 3.30. The third-order valence-electron chi connectivity index (χ3n) is 6.04. The molecule has 1 aliphatic carbocycles. The van der Waals surface area contributed by atoms with E-state index in [1.54, 1.807) is 11.8 Å². The van der Waals surface area contributed by atoms with Gasteiger partial charge in [-0.15, -0.1) is 0 Å². The summed E-state index contributed by atoms with van der Waals surface area (Å²) in [7, 11) is 0. The number of amides is 2. The number of benzene rings is 2. The summed E-state index contributed by atoms with van der Waals surface area (Å²) in [5, 5.41) is 3.12. The van der Waals surface area contributed by atoms with E-state index < -0.39 is 6.04 Å². The van der Waals surface area contributed by atoms with Gasteiger partial charge in [0, 0.05) is 12.6 Å². The van der Waals surface area contributed by atoms with Gasteiger partial charge in [-0.25, -0.2) is 0 Å². The summed E-state index contributed by atoms with van der Waals surface area (Å²) in [6.07, 6.45) is 5.28. The maximum absolute atomic E-state index is 13.1. The summed E-state index contributed by atoms with van der Waals surface area (Å²) in [6, 6.07) is 15.5. The SMILES string of the molecule is CCc1ccc(OCC(=O)N(Cc2ccc(C)cc2)[C@@H](C)C(=O)NC2CCCC2)cc1. The zero-order valence-corrected chi connectivity index (χ0v) is 18.9. The second-order valence-electron chi connectivity index (χ2n) is 8.46. The monoisotopic (exact) mass is 422 g/mol. The number of ether oxygens (including phenoxy) is 1. The van der Waals surface area contributed by atoms with Crippen LogP contribution in [0.1, 0.15) is 56.2 Å². The van der Waals surface area contributed by atoms with Crippen LogP contribution in [0.5, 0.6) is 5.75 Å². The van der Waals surface area contributed by atoms with Crippen LogP contribution in [-0.4, -0.2) is 35.4 Å². The Balaban J connectivity index is 1.68. The van der Waals surface area contributed by atoms with Crippen LogP contribution in [0.4, 0.5) is 0 Å². The third-order valence-corrected chi connectivity index (χ3v) is 6.04. The van der Waals surface area contributed by atoms with Gasteiger partial charge in [-0.05, 0) is 56.4 Å². The van der Waals surface area contributed by atoms with Crippen LogP contribution >= 0.6 is 0 Å². The number of nitrogens with one attached hydrogen (secondary N) is 1. The molecule has 2 amide bonds. The molecule has 3 rings (SSSR count). The van der Waals surface area contributed by atoms with E-state index in [1.165, 1.54) is 5.56 Å². The summed E-state index contributed by atoms with van der Waals surface area (Å²) in [4.78, 5) is 27.6. The van der Waals surface area contributed by atoms with Gasteiger partial charge in [0.1, 0.15) is 11.8 Å². The molecule has 2 aromatic rings. The molecule has 0 aromatic heterocycles. The van der Waals surface area contributed by atoms with Crippen molar-refractivity contribution in [2.24, 2.45) is 0 Å². The lowest BCUT2D eigenvalue weighted by molar-refractivity contribution is -0.142. The fourth-order valence-electron chi connectivity index (χ4n) is 3.91. The zero-order valence-electron chi connectivity index (χ0n) is 18.9. The smallest absolute Gasteiger partial charge is 0.261 e. The van der Waals surface area contributed by atoms with Crippen molar-refractivity contribution in [1.29, 1.82) is 0 Å². The van der Waals surface area contributed by atoms with E-state index in [4.69, 9.17) is 4.74 Å². The van der Waals surface area contributed by atoms with E-state index in [0.29, 0.717) is 12.3 Å². The Bertz CT molecular complexity index is 855. The lowest BCUT2D eigenvalue weighted by Gasteiger charge is -2.29. The molecule has 1 aliphatic rings. The first-order chi connectivity index (χ1) is 15.0. The molecule has 0 unspecified atom stereocenters. The normalized spacial score (nSPS) is 14.8. The summed E-state index contributed by atoms with van der Waals surface area (Å²) < 4.78 is 5.75. The Kier molecular flexibility index (Phi) is 8.10. The molecule has 5 nitrogen and oxygen atoms in total. The molecule has 0 radical (unpaired) electrons. The molecule has 0 aliphatic heterocycles. The molecule has 0 spiro atoms. The highest BCUT2D eigenvalue weighted by atomic mass is 16.5. The van der Waals surface area contributed by atoms with Crippen molar-refractivity contribution in [2.75, 3.05) is 6.61 Å². The summed E-state index contributed by atoms with van der Waals surface area (Å²) in [5.41, 5.74) is 3.37. The number of carbonyl (C=O) groups is 2. The van der Waals surface area contributed by atoms with Crippen molar-refractivity contribution in [3.8, 4) is 5.75 Å². The number of hydrogen-bond donors (Lipinski definition) is 1. The Labute approximate surface area is 185 Å². The van der Waals surface area contributed by atoms with E-state index in [-0.39, 0.29) is 24.5 Å². The summed E-state index contributed by atoms with van der Waals surface area (Å²) in [6.45, 7) is 6.20. The molecule has 0 heterocycles. The minimum absolute atomic E-state index is 0.0975. The zero-order chi connectivity index (χ0) is 22.2. The quantitative estimate of drug-likeness (QED) is 0.651. The van der Waals surface area contributed by atoms with Gasteiger partial charge in [-0.3, -0.25) is 9.59 Å². The Hall–Kier alpha value is -2.82. The highest BCUT2D eigenvalue weighted by Crippen LogP contribution is 2.19. The van der Waals surface area contributed by atoms with E-state index in [2.05, 4.69) is 12.2 Å². The molecule has 166 valence electrons. The van der Waals surface area contributed by atoms with Gasteiger partial charge in [-0.2, -0.15) is 0 Å². The minimum Gasteiger partial charge on any atom is -0.484 e. The predicted molar refractivity (Wildman–Crippen MR) is 123 cm³/mol. The highest BCUT2D eigenvalue weighted by molar-refractivity contribution is 5.88. The highest BCUT2D eigenvalue weighted by Gasteiger charge is 2.28. The molecule has 2 aromatic carbocycles. The first-order valence-corrected chi connectivity index (χ1v) is 11.3. The van der Waals surface area contributed by atoms with Crippen LogP contribution in [-0.2, 0) is 22.6 Å². The predicted octanol–water partition coefficient (Wildman–Crippen LogP) is 4.41. The minimum atomic E-state index is -0.569. The lowest BCUT2D eigenvalue weighted by Crippen LogP contribution is -2.50. The first kappa shape index (κ1) is 22.9. The van der Waals surface area contributed by atoms with Crippen LogP contribution in [0.3, 0.4) is 0 Å². The van der Waals surface area contributed by atoms with E-state index in [9.17, 15) is 9.59 Å². The van der Waals surface area contributed by atoms with Crippen molar-refractivity contribution < 1.29 is 14.3 Å². The van der Waals surface area contributed by atoms with Gasteiger partial charge in [0.2, 0.25) is 5.91 Å². The third kappa shape index (κ3) is 6.58. The lowest BCUT2D eigenvalue weighted by atomic mass is 10.1. The number of aryl methyl sites for hydroxylation is 2. The molecule has 1 atom stereocenters. The van der Waals surface area contributed by atoms with Crippen molar-refractivity contribution in [2.45, 2.75) is 71.5 Å². The number of hydrogen-bond acceptors (Lipinski definition) is 3. The maximum Gasteiger partial charge on any atom is 0.261 e. The fourth-order valence-corrected chi connectivity index (χ4v) is 3.91. The van der Waals surface area contributed by atoms with Gasteiger partial charge >= 0.3 is 0 Å². The van der Waals surface area contributed by atoms with Crippen LogP contribution < -0.4 is 10.1 Å². The van der Waals surface area contributed by atoms with Crippen molar-refractivity contribution in [3.63, 3.8) is 0 Å². The number of nitrogens with zero attached hydrogens (tertiary/aromatic N) is 1. The molecule has 31 heavy (non-hydrogen) atoms. The molecule has 0 bridgehead atoms. The van der Waals surface area contributed by atoms with Gasteiger partial charge in [0.25, 0.3) is 5.91 Å². The molecule has 1 saturated carbocycles. The van der Waals surface area contributed by atoms with Gasteiger partial charge in [0.15, 0.2) is 6.61 Å². The number of carbonyl (C=O) groups excluding carboxylic acids is 2.